The maximum Gasteiger partial charge on any atom is 0.421 e. The number of aromatic nitrogens is 3. The summed E-state index contributed by atoms with van der Waals surface area (Å²) in [7, 11) is 1.64. The predicted octanol–water partition coefficient (Wildman–Crippen LogP) is 2.20. The molecule has 1 unspecified atom stereocenters. The van der Waals surface area contributed by atoms with Gasteiger partial charge in [-0.15, -0.1) is 11.3 Å². The monoisotopic (exact) mass is 291 g/mol. The van der Waals surface area contributed by atoms with Gasteiger partial charge in [0.2, 0.25) is 0 Å². The Balaban J connectivity index is 1.95. The number of fused-ring (bicyclic) bond motifs is 1. The van der Waals surface area contributed by atoms with Gasteiger partial charge < -0.3 is 9.15 Å². The number of thiazole rings is 1. The van der Waals surface area contributed by atoms with E-state index in [2.05, 4.69) is 9.97 Å². The Hall–Kier alpha value is -1.99. The van der Waals surface area contributed by atoms with E-state index in [0.717, 1.165) is 10.7 Å². The third-order valence-corrected chi connectivity index (χ3v) is 4.07. The average Bonchev–Trinajstić information content (AvgIpc) is 3.04. The molecule has 0 aromatic carbocycles. The molecule has 7 heteroatoms. The first-order valence-electron chi connectivity index (χ1n) is 6.10. The topological polar surface area (TPSA) is 70.2 Å². The highest BCUT2D eigenvalue weighted by molar-refractivity contribution is 7.09. The molecule has 0 spiro atoms. The summed E-state index contributed by atoms with van der Waals surface area (Å²) in [5.74, 6) is -0.423. The van der Waals surface area contributed by atoms with Gasteiger partial charge in [0.05, 0.1) is 12.2 Å². The third kappa shape index (κ3) is 2.25. The fourth-order valence-corrected chi connectivity index (χ4v) is 2.73. The van der Waals surface area contributed by atoms with Crippen LogP contribution in [0.25, 0.3) is 11.2 Å². The van der Waals surface area contributed by atoms with Crippen molar-refractivity contribution in [3.8, 4) is 0 Å². The molecule has 3 aromatic rings. The maximum absolute atomic E-state index is 11.8. The van der Waals surface area contributed by atoms with Crippen molar-refractivity contribution in [2.75, 3.05) is 7.11 Å². The molecule has 0 aliphatic rings. The van der Waals surface area contributed by atoms with Crippen LogP contribution in [0.5, 0.6) is 0 Å². The molecular weight excluding hydrogens is 278 g/mol. The number of pyridine rings is 1. The van der Waals surface area contributed by atoms with Crippen LogP contribution in [0, 0.1) is 0 Å². The molecule has 0 aliphatic heterocycles. The first-order chi connectivity index (χ1) is 9.69. The lowest BCUT2D eigenvalue weighted by Crippen LogP contribution is -2.15. The Morgan fingerprint density at radius 1 is 1.55 bits per heavy atom. The molecule has 20 heavy (non-hydrogen) atoms. The minimum absolute atomic E-state index is 0.0512. The van der Waals surface area contributed by atoms with Crippen molar-refractivity contribution >= 4 is 22.6 Å². The molecule has 0 saturated carbocycles. The lowest BCUT2D eigenvalue weighted by molar-refractivity contribution is 0.119. The summed E-state index contributed by atoms with van der Waals surface area (Å²) in [5.41, 5.74) is 1.81. The van der Waals surface area contributed by atoms with Gasteiger partial charge in [0.25, 0.3) is 0 Å². The summed E-state index contributed by atoms with van der Waals surface area (Å²) in [6.45, 7) is 2.28. The number of rotatable bonds is 4. The van der Waals surface area contributed by atoms with Crippen LogP contribution in [-0.2, 0) is 11.3 Å². The number of hydrogen-bond acceptors (Lipinski definition) is 6. The van der Waals surface area contributed by atoms with Crippen LogP contribution in [-0.4, -0.2) is 21.6 Å². The van der Waals surface area contributed by atoms with E-state index in [1.807, 2.05) is 12.3 Å². The molecule has 0 N–H and O–H groups in total. The van der Waals surface area contributed by atoms with E-state index in [1.54, 1.807) is 25.4 Å². The molecule has 1 atom stereocenters. The van der Waals surface area contributed by atoms with Crippen LogP contribution in [0.1, 0.15) is 23.7 Å². The molecular formula is C13H13N3O3S. The van der Waals surface area contributed by atoms with Crippen molar-refractivity contribution in [3.05, 3.63) is 45.0 Å². The Morgan fingerprint density at radius 2 is 2.40 bits per heavy atom. The van der Waals surface area contributed by atoms with E-state index in [-0.39, 0.29) is 6.10 Å². The second-order valence-corrected chi connectivity index (χ2v) is 5.22. The van der Waals surface area contributed by atoms with Crippen LogP contribution in [0.15, 0.2) is 32.9 Å². The highest BCUT2D eigenvalue weighted by Gasteiger charge is 2.14. The van der Waals surface area contributed by atoms with Gasteiger partial charge in [0.15, 0.2) is 11.2 Å². The molecule has 104 valence electrons. The van der Waals surface area contributed by atoms with Crippen molar-refractivity contribution in [1.82, 2.24) is 14.5 Å². The van der Waals surface area contributed by atoms with E-state index >= 15 is 0 Å². The van der Waals surface area contributed by atoms with Crippen molar-refractivity contribution < 1.29 is 9.15 Å². The zero-order valence-corrected chi connectivity index (χ0v) is 11.9. The fourth-order valence-electron chi connectivity index (χ4n) is 1.88. The van der Waals surface area contributed by atoms with Crippen molar-refractivity contribution in [3.63, 3.8) is 0 Å². The van der Waals surface area contributed by atoms with E-state index in [4.69, 9.17) is 9.15 Å². The SMILES string of the molecule is COC(C)c1nc(Cn2c(=O)oc3cccnc32)cs1. The summed E-state index contributed by atoms with van der Waals surface area (Å²) < 4.78 is 11.8. The summed E-state index contributed by atoms with van der Waals surface area (Å²) >= 11 is 1.51. The minimum atomic E-state index is -0.423. The first-order valence-corrected chi connectivity index (χ1v) is 6.98. The lowest BCUT2D eigenvalue weighted by atomic mass is 10.4. The third-order valence-electron chi connectivity index (χ3n) is 3.02. The second kappa shape index (κ2) is 5.18. The van der Waals surface area contributed by atoms with Crippen molar-refractivity contribution in [1.29, 1.82) is 0 Å². The van der Waals surface area contributed by atoms with E-state index < -0.39 is 5.76 Å². The van der Waals surface area contributed by atoms with Crippen molar-refractivity contribution in [2.24, 2.45) is 0 Å². The van der Waals surface area contributed by atoms with Crippen LogP contribution in [0.2, 0.25) is 0 Å². The number of ether oxygens (including phenoxy) is 1. The van der Waals surface area contributed by atoms with E-state index in [9.17, 15) is 4.79 Å². The van der Waals surface area contributed by atoms with Gasteiger partial charge >= 0.3 is 5.76 Å². The van der Waals surface area contributed by atoms with Gasteiger partial charge in [-0.25, -0.2) is 14.8 Å². The smallest absolute Gasteiger partial charge is 0.406 e. The minimum Gasteiger partial charge on any atom is -0.406 e. The normalized spacial score (nSPS) is 12.9. The summed E-state index contributed by atoms with van der Waals surface area (Å²) in [6, 6.07) is 3.45. The van der Waals surface area contributed by atoms with Gasteiger partial charge in [-0.1, -0.05) is 0 Å². The fraction of sp³-hybridized carbons (Fsp3) is 0.308. The molecule has 3 heterocycles. The Bertz CT molecular complexity index is 789. The molecule has 3 rings (SSSR count). The van der Waals surface area contributed by atoms with E-state index in [1.165, 1.54) is 15.9 Å². The predicted molar refractivity (Wildman–Crippen MR) is 74.9 cm³/mol. The maximum atomic E-state index is 11.8. The zero-order valence-electron chi connectivity index (χ0n) is 11.1. The van der Waals surface area contributed by atoms with Gasteiger partial charge in [-0.3, -0.25) is 4.57 Å². The van der Waals surface area contributed by atoms with Crippen molar-refractivity contribution in [2.45, 2.75) is 19.6 Å². The summed E-state index contributed by atoms with van der Waals surface area (Å²) in [6.07, 6.45) is 1.58. The Morgan fingerprint density at radius 3 is 3.20 bits per heavy atom. The highest BCUT2D eigenvalue weighted by atomic mass is 32.1. The number of methoxy groups -OCH3 is 1. The zero-order chi connectivity index (χ0) is 14.1. The van der Waals surface area contributed by atoms with Crippen LogP contribution < -0.4 is 5.76 Å². The Labute approximate surface area is 118 Å². The molecule has 0 fully saturated rings. The summed E-state index contributed by atoms with van der Waals surface area (Å²) in [4.78, 5) is 20.5. The first kappa shape index (κ1) is 13.0. The standard InChI is InChI=1S/C13H13N3O3S/c1-8(18-2)12-15-9(7-20-12)6-16-11-10(19-13(16)17)4-3-5-14-11/h3-5,7-8H,6H2,1-2H3. The van der Waals surface area contributed by atoms with Gasteiger partial charge in [0, 0.05) is 18.7 Å². The lowest BCUT2D eigenvalue weighted by Gasteiger charge is -2.03. The Kier molecular flexibility index (Phi) is 3.37. The second-order valence-electron chi connectivity index (χ2n) is 4.33. The van der Waals surface area contributed by atoms with E-state index in [0.29, 0.717) is 17.8 Å². The quantitative estimate of drug-likeness (QED) is 0.737. The number of nitrogens with zero attached hydrogens (tertiary/aromatic N) is 3. The molecule has 0 aliphatic carbocycles. The van der Waals surface area contributed by atoms with Crippen LogP contribution in [0.3, 0.4) is 0 Å². The highest BCUT2D eigenvalue weighted by Crippen LogP contribution is 2.21. The number of oxazole rings is 1. The molecule has 6 nitrogen and oxygen atoms in total. The molecule has 0 saturated heterocycles. The molecule has 0 radical (unpaired) electrons. The average molecular weight is 291 g/mol. The molecule has 3 aromatic heterocycles. The largest absolute Gasteiger partial charge is 0.421 e. The molecule has 0 bridgehead atoms. The van der Waals surface area contributed by atoms with Gasteiger partial charge in [-0.05, 0) is 19.1 Å². The molecule has 0 amide bonds. The number of hydrogen-bond donors (Lipinski definition) is 0. The summed E-state index contributed by atoms with van der Waals surface area (Å²) in [5, 5.41) is 2.80. The van der Waals surface area contributed by atoms with Crippen LogP contribution in [0.4, 0.5) is 0 Å². The van der Waals surface area contributed by atoms with Gasteiger partial charge in [-0.2, -0.15) is 0 Å². The van der Waals surface area contributed by atoms with Crippen LogP contribution >= 0.6 is 11.3 Å². The van der Waals surface area contributed by atoms with Gasteiger partial charge in [0.1, 0.15) is 11.1 Å².